The fraction of sp³-hybridized carbons (Fsp3) is 0.353. The van der Waals surface area contributed by atoms with E-state index in [1.54, 1.807) is 18.4 Å². The summed E-state index contributed by atoms with van der Waals surface area (Å²) in [5.74, 6) is 1.09. The van der Waals surface area contributed by atoms with Gasteiger partial charge in [0.05, 0.1) is 19.6 Å². The van der Waals surface area contributed by atoms with Crippen LogP contribution < -0.4 is 4.74 Å². The van der Waals surface area contributed by atoms with Crippen LogP contribution in [0.5, 0.6) is 5.75 Å². The summed E-state index contributed by atoms with van der Waals surface area (Å²) in [6.45, 7) is 0.840. The zero-order valence-electron chi connectivity index (χ0n) is 12.1. The molecular weight excluding hydrogens is 282 g/mol. The summed E-state index contributed by atoms with van der Waals surface area (Å²) < 4.78 is 5.46. The van der Waals surface area contributed by atoms with Gasteiger partial charge in [0.15, 0.2) is 0 Å². The minimum absolute atomic E-state index is 0.147. The topological polar surface area (TPSA) is 29.5 Å². The molecule has 0 aliphatic carbocycles. The number of hydrogen-bond donors (Lipinski definition) is 0. The monoisotopic (exact) mass is 301 g/mol. The third-order valence-corrected chi connectivity index (χ3v) is 4.85. The van der Waals surface area contributed by atoms with Crippen molar-refractivity contribution >= 4 is 17.2 Å². The molecule has 1 amide bonds. The van der Waals surface area contributed by atoms with Crippen molar-refractivity contribution in [3.63, 3.8) is 0 Å². The molecule has 1 aromatic heterocycles. The van der Waals surface area contributed by atoms with Crippen molar-refractivity contribution in [1.82, 2.24) is 4.90 Å². The lowest BCUT2D eigenvalue weighted by molar-refractivity contribution is -0.131. The minimum atomic E-state index is 0.147. The summed E-state index contributed by atoms with van der Waals surface area (Å²) in [6, 6.07) is 12.2. The summed E-state index contributed by atoms with van der Waals surface area (Å²) in [6.07, 6.45) is 2.57. The van der Waals surface area contributed by atoms with Crippen molar-refractivity contribution in [2.45, 2.75) is 25.3 Å². The second-order valence-electron chi connectivity index (χ2n) is 5.24. The Morgan fingerprint density at radius 2 is 2.19 bits per heavy atom. The third kappa shape index (κ3) is 2.95. The highest BCUT2D eigenvalue weighted by Crippen LogP contribution is 2.37. The van der Waals surface area contributed by atoms with Crippen LogP contribution in [0.2, 0.25) is 0 Å². The molecule has 1 saturated heterocycles. The summed E-state index contributed by atoms with van der Waals surface area (Å²) in [5.41, 5.74) is 1.12. The van der Waals surface area contributed by atoms with Gasteiger partial charge in [-0.05, 0) is 30.4 Å². The lowest BCUT2D eigenvalue weighted by Crippen LogP contribution is -2.31. The molecule has 1 fully saturated rings. The molecule has 3 rings (SSSR count). The van der Waals surface area contributed by atoms with Crippen LogP contribution in [0.4, 0.5) is 0 Å². The number of carbonyl (C=O) groups is 1. The van der Waals surface area contributed by atoms with E-state index in [9.17, 15) is 4.79 Å². The number of amides is 1. The van der Waals surface area contributed by atoms with Crippen LogP contribution in [-0.2, 0) is 11.2 Å². The third-order valence-electron chi connectivity index (χ3n) is 3.98. The number of nitrogens with zero attached hydrogens (tertiary/aromatic N) is 1. The number of ether oxygens (including phenoxy) is 1. The summed E-state index contributed by atoms with van der Waals surface area (Å²) >= 11 is 1.64. The van der Waals surface area contributed by atoms with E-state index in [-0.39, 0.29) is 11.9 Å². The van der Waals surface area contributed by atoms with Crippen LogP contribution in [0, 0.1) is 0 Å². The molecule has 0 spiro atoms. The number of thiophene rings is 1. The van der Waals surface area contributed by atoms with Gasteiger partial charge in [-0.2, -0.15) is 0 Å². The number of benzene rings is 1. The highest BCUT2D eigenvalue weighted by molar-refractivity contribution is 7.10. The highest BCUT2D eigenvalue weighted by atomic mass is 32.1. The summed E-state index contributed by atoms with van der Waals surface area (Å²) in [5, 5.41) is 2.02. The van der Waals surface area contributed by atoms with Gasteiger partial charge in [0.2, 0.25) is 5.91 Å². The molecule has 1 aromatic carbocycles. The molecule has 2 heterocycles. The fourth-order valence-electron chi connectivity index (χ4n) is 2.99. The Morgan fingerprint density at radius 1 is 1.33 bits per heavy atom. The molecule has 4 heteroatoms. The van der Waals surface area contributed by atoms with E-state index in [1.165, 1.54) is 0 Å². The fourth-order valence-corrected chi connectivity index (χ4v) is 3.69. The Kier molecular flexibility index (Phi) is 4.25. The van der Waals surface area contributed by atoms with E-state index in [2.05, 4.69) is 6.07 Å². The Bertz CT molecular complexity index is 609. The second-order valence-corrected chi connectivity index (χ2v) is 6.28. The van der Waals surface area contributed by atoms with E-state index in [1.807, 2.05) is 40.6 Å². The number of rotatable bonds is 4. The number of para-hydroxylation sites is 1. The minimum Gasteiger partial charge on any atom is -0.496 e. The molecule has 110 valence electrons. The van der Waals surface area contributed by atoms with Crippen LogP contribution in [0.1, 0.15) is 29.3 Å². The van der Waals surface area contributed by atoms with Crippen molar-refractivity contribution < 1.29 is 9.53 Å². The van der Waals surface area contributed by atoms with Crippen molar-refractivity contribution in [3.05, 3.63) is 52.2 Å². The number of methoxy groups -OCH3 is 1. The SMILES string of the molecule is COc1ccccc1C1CCCN1C(=O)Cc1cccs1. The number of carbonyl (C=O) groups excluding carboxylic acids is 1. The first-order chi connectivity index (χ1) is 10.3. The van der Waals surface area contributed by atoms with Crippen molar-refractivity contribution in [3.8, 4) is 5.75 Å². The lowest BCUT2D eigenvalue weighted by atomic mass is 10.0. The molecule has 0 bridgehead atoms. The average molecular weight is 301 g/mol. The van der Waals surface area contributed by atoms with Crippen LogP contribution in [0.15, 0.2) is 41.8 Å². The Hall–Kier alpha value is -1.81. The summed E-state index contributed by atoms with van der Waals surface area (Å²) in [4.78, 5) is 15.7. The quantitative estimate of drug-likeness (QED) is 0.862. The maximum Gasteiger partial charge on any atom is 0.228 e. The van der Waals surface area contributed by atoms with Gasteiger partial charge in [-0.15, -0.1) is 11.3 Å². The van der Waals surface area contributed by atoms with Gasteiger partial charge in [0.1, 0.15) is 5.75 Å². The maximum absolute atomic E-state index is 12.6. The Labute approximate surface area is 129 Å². The predicted molar refractivity (Wildman–Crippen MR) is 84.7 cm³/mol. The molecule has 1 unspecified atom stereocenters. The van der Waals surface area contributed by atoms with Crippen LogP contribution >= 0.6 is 11.3 Å². The van der Waals surface area contributed by atoms with E-state index in [0.717, 1.165) is 35.6 Å². The van der Waals surface area contributed by atoms with Gasteiger partial charge >= 0.3 is 0 Å². The van der Waals surface area contributed by atoms with E-state index in [0.29, 0.717) is 6.42 Å². The normalized spacial score (nSPS) is 18.0. The lowest BCUT2D eigenvalue weighted by Gasteiger charge is -2.26. The van der Waals surface area contributed by atoms with Gasteiger partial charge < -0.3 is 9.64 Å². The molecule has 0 saturated carbocycles. The molecular formula is C17H19NO2S. The van der Waals surface area contributed by atoms with Gasteiger partial charge in [-0.3, -0.25) is 4.79 Å². The van der Waals surface area contributed by atoms with Crippen molar-refractivity contribution in [1.29, 1.82) is 0 Å². The molecule has 1 atom stereocenters. The Balaban J connectivity index is 1.80. The number of likely N-dealkylation sites (tertiary alicyclic amines) is 1. The molecule has 3 nitrogen and oxygen atoms in total. The molecule has 2 aromatic rings. The predicted octanol–water partition coefficient (Wildman–Crippen LogP) is 3.66. The largest absolute Gasteiger partial charge is 0.496 e. The molecule has 1 aliphatic rings. The van der Waals surface area contributed by atoms with Gasteiger partial charge in [-0.1, -0.05) is 24.3 Å². The number of hydrogen-bond acceptors (Lipinski definition) is 3. The van der Waals surface area contributed by atoms with Crippen molar-refractivity contribution in [2.75, 3.05) is 13.7 Å². The van der Waals surface area contributed by atoms with Crippen LogP contribution in [0.3, 0.4) is 0 Å². The van der Waals surface area contributed by atoms with Crippen molar-refractivity contribution in [2.24, 2.45) is 0 Å². The smallest absolute Gasteiger partial charge is 0.228 e. The van der Waals surface area contributed by atoms with E-state index < -0.39 is 0 Å². The first-order valence-electron chi connectivity index (χ1n) is 7.24. The Morgan fingerprint density at radius 3 is 2.95 bits per heavy atom. The zero-order valence-corrected chi connectivity index (χ0v) is 12.9. The maximum atomic E-state index is 12.6. The molecule has 0 radical (unpaired) electrons. The zero-order chi connectivity index (χ0) is 14.7. The second kappa shape index (κ2) is 6.31. The molecule has 0 N–H and O–H groups in total. The van der Waals surface area contributed by atoms with Crippen LogP contribution in [0.25, 0.3) is 0 Å². The molecule has 21 heavy (non-hydrogen) atoms. The van der Waals surface area contributed by atoms with Crippen LogP contribution in [-0.4, -0.2) is 24.5 Å². The first-order valence-corrected chi connectivity index (χ1v) is 8.12. The molecule has 1 aliphatic heterocycles. The van der Waals surface area contributed by atoms with Gasteiger partial charge in [0.25, 0.3) is 0 Å². The van der Waals surface area contributed by atoms with Gasteiger partial charge in [-0.25, -0.2) is 0 Å². The highest BCUT2D eigenvalue weighted by Gasteiger charge is 2.31. The standard InChI is InChI=1S/C17H19NO2S/c1-20-16-9-3-2-7-14(16)15-8-4-10-18(15)17(19)12-13-6-5-11-21-13/h2-3,5-7,9,11,15H,4,8,10,12H2,1H3. The van der Waals surface area contributed by atoms with E-state index >= 15 is 0 Å². The average Bonchev–Trinajstić information content (AvgIpc) is 3.18. The summed E-state index contributed by atoms with van der Waals surface area (Å²) in [7, 11) is 1.69. The van der Waals surface area contributed by atoms with Gasteiger partial charge in [0, 0.05) is 17.0 Å². The first kappa shape index (κ1) is 14.1. The van der Waals surface area contributed by atoms with E-state index in [4.69, 9.17) is 4.74 Å².